The van der Waals surface area contributed by atoms with E-state index in [0.717, 1.165) is 11.5 Å². The highest BCUT2D eigenvalue weighted by Crippen LogP contribution is 2.33. The van der Waals surface area contributed by atoms with Gasteiger partial charge in [-0.05, 0) is 64.7 Å². The highest BCUT2D eigenvalue weighted by atomic mass is 16.5. The van der Waals surface area contributed by atoms with E-state index in [1.54, 1.807) is 0 Å². The molecule has 1 aromatic carbocycles. The van der Waals surface area contributed by atoms with Gasteiger partial charge in [0.15, 0.2) is 0 Å². The molecular formula is C18H30O2. The highest BCUT2D eigenvalue weighted by molar-refractivity contribution is 5.41. The fraction of sp³-hybridized carbons (Fsp3) is 0.667. The Kier molecular flexibility index (Phi) is 4.48. The zero-order chi connectivity index (χ0) is 15.8. The summed E-state index contributed by atoms with van der Waals surface area (Å²) < 4.78 is 12.0. The van der Waals surface area contributed by atoms with Gasteiger partial charge < -0.3 is 9.47 Å². The van der Waals surface area contributed by atoms with Crippen LogP contribution in [-0.4, -0.2) is 11.2 Å². The van der Waals surface area contributed by atoms with E-state index in [4.69, 9.17) is 9.47 Å². The third-order valence-electron chi connectivity index (χ3n) is 2.59. The molecular weight excluding hydrogens is 248 g/mol. The number of ether oxygens (including phenoxy) is 2. The standard InChI is InChI=1S/C18H30O2/c1-16(2,3)13-10-14(19-17(4,5)6)12-15(11-13)20-18(7,8)9/h10-12H,1-9H3. The molecule has 0 bridgehead atoms. The highest BCUT2D eigenvalue weighted by Gasteiger charge is 2.20. The molecule has 20 heavy (non-hydrogen) atoms. The lowest BCUT2D eigenvalue weighted by molar-refractivity contribution is 0.120. The van der Waals surface area contributed by atoms with Crippen LogP contribution in [0.15, 0.2) is 18.2 Å². The van der Waals surface area contributed by atoms with Crippen LogP contribution in [0.4, 0.5) is 0 Å². The summed E-state index contributed by atoms with van der Waals surface area (Å²) in [4.78, 5) is 0. The maximum absolute atomic E-state index is 6.01. The summed E-state index contributed by atoms with van der Waals surface area (Å²) >= 11 is 0. The van der Waals surface area contributed by atoms with Gasteiger partial charge in [0, 0.05) is 6.07 Å². The van der Waals surface area contributed by atoms with Gasteiger partial charge >= 0.3 is 0 Å². The Balaban J connectivity index is 3.22. The third kappa shape index (κ3) is 5.85. The maximum Gasteiger partial charge on any atom is 0.124 e. The molecule has 0 aromatic heterocycles. The minimum absolute atomic E-state index is 0.0627. The average molecular weight is 278 g/mol. The Labute approximate surface area is 124 Å². The Bertz CT molecular complexity index is 420. The molecule has 0 saturated heterocycles. The second-order valence-electron chi connectivity index (χ2n) is 8.37. The summed E-state index contributed by atoms with van der Waals surface area (Å²) in [6.45, 7) is 18.9. The van der Waals surface area contributed by atoms with Crippen molar-refractivity contribution in [2.24, 2.45) is 0 Å². The van der Waals surface area contributed by atoms with Crippen LogP contribution >= 0.6 is 0 Å². The Hall–Kier alpha value is -1.18. The van der Waals surface area contributed by atoms with Crippen molar-refractivity contribution in [2.75, 3.05) is 0 Å². The largest absolute Gasteiger partial charge is 0.488 e. The van der Waals surface area contributed by atoms with Crippen LogP contribution in [0.3, 0.4) is 0 Å². The molecule has 0 spiro atoms. The molecule has 114 valence electrons. The monoisotopic (exact) mass is 278 g/mol. The SMILES string of the molecule is CC(C)(C)Oc1cc(OC(C)(C)C)cc(C(C)(C)C)c1. The first kappa shape index (κ1) is 16.9. The van der Waals surface area contributed by atoms with Crippen molar-refractivity contribution < 1.29 is 9.47 Å². The second kappa shape index (κ2) is 5.31. The minimum atomic E-state index is -0.213. The van der Waals surface area contributed by atoms with Gasteiger partial charge in [-0.25, -0.2) is 0 Å². The summed E-state index contributed by atoms with van der Waals surface area (Å²) in [7, 11) is 0. The molecule has 0 saturated carbocycles. The normalized spacial score (nSPS) is 13.2. The van der Waals surface area contributed by atoms with E-state index >= 15 is 0 Å². The van der Waals surface area contributed by atoms with Crippen molar-refractivity contribution in [2.45, 2.75) is 78.9 Å². The summed E-state index contributed by atoms with van der Waals surface area (Å²) in [5.74, 6) is 1.73. The topological polar surface area (TPSA) is 18.5 Å². The first-order chi connectivity index (χ1) is 8.76. The number of hydrogen-bond acceptors (Lipinski definition) is 2. The van der Waals surface area contributed by atoms with Gasteiger partial charge in [-0.3, -0.25) is 0 Å². The van der Waals surface area contributed by atoms with E-state index in [1.807, 2.05) is 6.07 Å². The lowest BCUT2D eigenvalue weighted by Gasteiger charge is -2.27. The molecule has 1 rings (SSSR count). The predicted octanol–water partition coefficient (Wildman–Crippen LogP) is 5.34. The van der Waals surface area contributed by atoms with Crippen molar-refractivity contribution in [3.05, 3.63) is 23.8 Å². The van der Waals surface area contributed by atoms with Gasteiger partial charge in [0.05, 0.1) is 0 Å². The zero-order valence-electron chi connectivity index (χ0n) is 14.5. The van der Waals surface area contributed by atoms with Crippen LogP contribution in [-0.2, 0) is 5.41 Å². The minimum Gasteiger partial charge on any atom is -0.488 e. The lowest BCUT2D eigenvalue weighted by atomic mass is 9.87. The van der Waals surface area contributed by atoms with E-state index in [-0.39, 0.29) is 16.6 Å². The smallest absolute Gasteiger partial charge is 0.124 e. The van der Waals surface area contributed by atoms with Gasteiger partial charge in [0.25, 0.3) is 0 Å². The van der Waals surface area contributed by atoms with Crippen LogP contribution in [0, 0.1) is 0 Å². The van der Waals surface area contributed by atoms with Crippen LogP contribution in [0.1, 0.15) is 67.9 Å². The van der Waals surface area contributed by atoms with E-state index in [1.165, 1.54) is 5.56 Å². The van der Waals surface area contributed by atoms with Gasteiger partial charge in [-0.15, -0.1) is 0 Å². The first-order valence-electron chi connectivity index (χ1n) is 7.30. The summed E-state index contributed by atoms with van der Waals surface area (Å²) in [5.41, 5.74) is 0.858. The molecule has 0 aliphatic heterocycles. The van der Waals surface area contributed by atoms with E-state index in [2.05, 4.69) is 74.4 Å². The molecule has 1 aromatic rings. The maximum atomic E-state index is 6.01. The van der Waals surface area contributed by atoms with Crippen LogP contribution in [0.25, 0.3) is 0 Å². The van der Waals surface area contributed by atoms with Gasteiger partial charge in [0.1, 0.15) is 22.7 Å². The van der Waals surface area contributed by atoms with Crippen molar-refractivity contribution in [1.29, 1.82) is 0 Å². The van der Waals surface area contributed by atoms with E-state index < -0.39 is 0 Å². The predicted molar refractivity (Wildman–Crippen MR) is 85.9 cm³/mol. The molecule has 0 aliphatic rings. The van der Waals surface area contributed by atoms with Gasteiger partial charge in [0.2, 0.25) is 0 Å². The lowest BCUT2D eigenvalue weighted by Crippen LogP contribution is -2.25. The summed E-state index contributed by atoms with van der Waals surface area (Å²) in [6, 6.07) is 6.20. The van der Waals surface area contributed by atoms with Crippen molar-refractivity contribution in [3.8, 4) is 11.5 Å². The third-order valence-corrected chi connectivity index (χ3v) is 2.59. The molecule has 0 fully saturated rings. The zero-order valence-corrected chi connectivity index (χ0v) is 14.5. The molecule has 0 radical (unpaired) electrons. The molecule has 0 heterocycles. The van der Waals surface area contributed by atoms with Crippen molar-refractivity contribution in [1.82, 2.24) is 0 Å². The first-order valence-corrected chi connectivity index (χ1v) is 7.30. The van der Waals surface area contributed by atoms with E-state index in [0.29, 0.717) is 0 Å². The number of hydrogen-bond donors (Lipinski definition) is 0. The van der Waals surface area contributed by atoms with Crippen LogP contribution in [0.2, 0.25) is 0 Å². The molecule has 0 atom stereocenters. The summed E-state index contributed by atoms with van der Waals surface area (Å²) in [5, 5.41) is 0. The molecule has 2 nitrogen and oxygen atoms in total. The molecule has 0 amide bonds. The molecule has 0 unspecified atom stereocenters. The molecule has 0 N–H and O–H groups in total. The average Bonchev–Trinajstić information content (AvgIpc) is 2.09. The summed E-state index contributed by atoms with van der Waals surface area (Å²) in [6.07, 6.45) is 0. The molecule has 0 aliphatic carbocycles. The van der Waals surface area contributed by atoms with Crippen molar-refractivity contribution >= 4 is 0 Å². The molecule has 2 heteroatoms. The second-order valence-corrected chi connectivity index (χ2v) is 8.37. The van der Waals surface area contributed by atoms with E-state index in [9.17, 15) is 0 Å². The number of benzene rings is 1. The fourth-order valence-electron chi connectivity index (χ4n) is 1.83. The Morgan fingerprint density at radius 2 is 0.950 bits per heavy atom. The Morgan fingerprint density at radius 3 is 1.20 bits per heavy atom. The van der Waals surface area contributed by atoms with Crippen LogP contribution < -0.4 is 9.47 Å². The quantitative estimate of drug-likeness (QED) is 0.727. The Morgan fingerprint density at radius 1 is 0.600 bits per heavy atom. The fourth-order valence-corrected chi connectivity index (χ4v) is 1.83. The van der Waals surface area contributed by atoms with Gasteiger partial charge in [-0.1, -0.05) is 20.8 Å². The number of rotatable bonds is 2. The van der Waals surface area contributed by atoms with Gasteiger partial charge in [-0.2, -0.15) is 0 Å². The van der Waals surface area contributed by atoms with Crippen LogP contribution in [0.5, 0.6) is 11.5 Å². The van der Waals surface area contributed by atoms with Crippen molar-refractivity contribution in [3.63, 3.8) is 0 Å².